The van der Waals surface area contributed by atoms with Crippen molar-refractivity contribution in [2.45, 2.75) is 25.9 Å². The van der Waals surface area contributed by atoms with E-state index >= 15 is 0 Å². The zero-order valence-corrected chi connectivity index (χ0v) is 8.33. The van der Waals surface area contributed by atoms with Gasteiger partial charge in [0.1, 0.15) is 5.82 Å². The first-order chi connectivity index (χ1) is 6.76. The molecule has 0 saturated heterocycles. The van der Waals surface area contributed by atoms with Crippen molar-refractivity contribution < 1.29 is 9.50 Å². The summed E-state index contributed by atoms with van der Waals surface area (Å²) in [5.41, 5.74) is 0.900. The Balaban J connectivity index is 2.44. The minimum atomic E-state index is -0.221. The van der Waals surface area contributed by atoms with Gasteiger partial charge in [-0.25, -0.2) is 4.39 Å². The van der Waals surface area contributed by atoms with E-state index < -0.39 is 0 Å². The van der Waals surface area contributed by atoms with Gasteiger partial charge in [-0.1, -0.05) is 19.1 Å². The van der Waals surface area contributed by atoms with Gasteiger partial charge in [0.2, 0.25) is 0 Å². The Morgan fingerprint density at radius 2 is 2.29 bits per heavy atom. The van der Waals surface area contributed by atoms with Gasteiger partial charge in [-0.2, -0.15) is 0 Å². The predicted octanol–water partition coefficient (Wildman–Crippen LogP) is 1.69. The zero-order valence-electron chi connectivity index (χ0n) is 8.33. The highest BCUT2D eigenvalue weighted by atomic mass is 19.1. The number of aliphatic hydroxyl groups excluding tert-OH is 1. The molecule has 0 fully saturated rings. The molecule has 0 heterocycles. The third-order valence-corrected chi connectivity index (χ3v) is 2.20. The Kier molecular flexibility index (Phi) is 4.56. The molecule has 0 aliphatic rings. The summed E-state index contributed by atoms with van der Waals surface area (Å²) < 4.78 is 12.8. The van der Waals surface area contributed by atoms with Crippen molar-refractivity contribution in [3.8, 4) is 0 Å². The minimum absolute atomic E-state index is 0.0956. The molecule has 0 saturated carbocycles. The van der Waals surface area contributed by atoms with Gasteiger partial charge < -0.3 is 10.4 Å². The van der Waals surface area contributed by atoms with Crippen molar-refractivity contribution in [2.24, 2.45) is 0 Å². The number of benzene rings is 1. The molecule has 0 aromatic heterocycles. The molecule has 0 aliphatic heterocycles. The highest BCUT2D eigenvalue weighted by molar-refractivity contribution is 5.16. The first kappa shape index (κ1) is 11.1. The van der Waals surface area contributed by atoms with E-state index in [0.717, 1.165) is 12.0 Å². The number of aliphatic hydroxyl groups is 1. The Morgan fingerprint density at radius 3 is 2.86 bits per heavy atom. The second kappa shape index (κ2) is 5.73. The molecular weight excluding hydrogens is 181 g/mol. The molecule has 78 valence electrons. The maximum Gasteiger partial charge on any atom is 0.123 e. The summed E-state index contributed by atoms with van der Waals surface area (Å²) >= 11 is 0. The summed E-state index contributed by atoms with van der Waals surface area (Å²) in [6.07, 6.45) is 0.867. The molecule has 0 radical (unpaired) electrons. The van der Waals surface area contributed by atoms with Gasteiger partial charge in [0.05, 0.1) is 6.61 Å². The molecule has 14 heavy (non-hydrogen) atoms. The first-order valence-electron chi connectivity index (χ1n) is 4.85. The lowest BCUT2D eigenvalue weighted by Gasteiger charge is -2.13. The summed E-state index contributed by atoms with van der Waals surface area (Å²) in [6, 6.07) is 6.56. The smallest absolute Gasteiger partial charge is 0.123 e. The molecule has 2 nitrogen and oxygen atoms in total. The van der Waals surface area contributed by atoms with E-state index in [9.17, 15) is 4.39 Å². The molecule has 3 heteroatoms. The van der Waals surface area contributed by atoms with Gasteiger partial charge in [-0.05, 0) is 24.1 Å². The second-order valence-electron chi connectivity index (χ2n) is 3.30. The highest BCUT2D eigenvalue weighted by Crippen LogP contribution is 2.03. The average molecular weight is 197 g/mol. The van der Waals surface area contributed by atoms with Crippen LogP contribution in [0, 0.1) is 5.82 Å². The fraction of sp³-hybridized carbons (Fsp3) is 0.455. The normalized spacial score (nSPS) is 12.8. The summed E-state index contributed by atoms with van der Waals surface area (Å²) in [5, 5.41) is 12.1. The topological polar surface area (TPSA) is 32.3 Å². The molecular formula is C11H16FNO. The SMILES string of the molecule is CC[C@@H](CO)NCc1cccc(F)c1. The van der Waals surface area contributed by atoms with Gasteiger partial charge in [0, 0.05) is 12.6 Å². The lowest BCUT2D eigenvalue weighted by atomic mass is 10.2. The van der Waals surface area contributed by atoms with E-state index in [2.05, 4.69) is 5.32 Å². The molecule has 1 atom stereocenters. The second-order valence-corrected chi connectivity index (χ2v) is 3.30. The quantitative estimate of drug-likeness (QED) is 0.752. The maximum absolute atomic E-state index is 12.8. The van der Waals surface area contributed by atoms with Crippen molar-refractivity contribution in [1.29, 1.82) is 0 Å². The summed E-state index contributed by atoms with van der Waals surface area (Å²) in [4.78, 5) is 0. The van der Waals surface area contributed by atoms with Crippen molar-refractivity contribution in [1.82, 2.24) is 5.32 Å². The Hall–Kier alpha value is -0.930. The molecule has 0 unspecified atom stereocenters. The molecule has 0 spiro atoms. The van der Waals surface area contributed by atoms with Crippen LogP contribution in [0.3, 0.4) is 0 Å². The molecule has 1 rings (SSSR count). The third kappa shape index (κ3) is 3.44. The Bertz CT molecular complexity index is 274. The van der Waals surface area contributed by atoms with Crippen LogP contribution in [0.5, 0.6) is 0 Å². The average Bonchev–Trinajstić information content (AvgIpc) is 2.19. The molecule has 1 aromatic carbocycles. The monoisotopic (exact) mass is 197 g/mol. The molecule has 0 amide bonds. The minimum Gasteiger partial charge on any atom is -0.395 e. The van der Waals surface area contributed by atoms with Gasteiger partial charge in [-0.15, -0.1) is 0 Å². The third-order valence-electron chi connectivity index (χ3n) is 2.20. The van der Waals surface area contributed by atoms with E-state index in [1.807, 2.05) is 13.0 Å². The van der Waals surface area contributed by atoms with Crippen LogP contribution in [0.15, 0.2) is 24.3 Å². The largest absolute Gasteiger partial charge is 0.395 e. The maximum atomic E-state index is 12.8. The highest BCUT2D eigenvalue weighted by Gasteiger charge is 2.03. The molecule has 1 aromatic rings. The van der Waals surface area contributed by atoms with Crippen molar-refractivity contribution in [3.63, 3.8) is 0 Å². The lowest BCUT2D eigenvalue weighted by molar-refractivity contribution is 0.238. The van der Waals surface area contributed by atoms with Crippen LogP contribution in [0.1, 0.15) is 18.9 Å². The van der Waals surface area contributed by atoms with Crippen molar-refractivity contribution in [3.05, 3.63) is 35.6 Å². The first-order valence-corrected chi connectivity index (χ1v) is 4.85. The van der Waals surface area contributed by atoms with Crippen LogP contribution < -0.4 is 5.32 Å². The molecule has 2 N–H and O–H groups in total. The van der Waals surface area contributed by atoms with Gasteiger partial charge >= 0.3 is 0 Å². The van der Waals surface area contributed by atoms with E-state index in [0.29, 0.717) is 6.54 Å². The van der Waals surface area contributed by atoms with E-state index in [-0.39, 0.29) is 18.5 Å². The van der Waals surface area contributed by atoms with Gasteiger partial charge in [0.15, 0.2) is 0 Å². The lowest BCUT2D eigenvalue weighted by Crippen LogP contribution is -2.31. The van der Waals surface area contributed by atoms with Gasteiger partial charge in [0.25, 0.3) is 0 Å². The Morgan fingerprint density at radius 1 is 1.50 bits per heavy atom. The summed E-state index contributed by atoms with van der Waals surface area (Å²) in [5.74, 6) is -0.221. The standard InChI is InChI=1S/C11H16FNO/c1-2-11(8-14)13-7-9-4-3-5-10(12)6-9/h3-6,11,13-14H,2,7-8H2,1H3/t11-/m0/s1. The number of halogens is 1. The van der Waals surface area contributed by atoms with Crippen molar-refractivity contribution in [2.75, 3.05) is 6.61 Å². The molecule has 0 bridgehead atoms. The van der Waals surface area contributed by atoms with E-state index in [4.69, 9.17) is 5.11 Å². The van der Waals surface area contributed by atoms with Crippen LogP contribution in [0.2, 0.25) is 0 Å². The van der Waals surface area contributed by atoms with Crippen LogP contribution in [0.25, 0.3) is 0 Å². The zero-order chi connectivity index (χ0) is 10.4. The summed E-state index contributed by atoms with van der Waals surface area (Å²) in [7, 11) is 0. The summed E-state index contributed by atoms with van der Waals surface area (Å²) in [6.45, 7) is 2.71. The van der Waals surface area contributed by atoms with Crippen LogP contribution in [-0.4, -0.2) is 17.8 Å². The number of rotatable bonds is 5. The van der Waals surface area contributed by atoms with Crippen LogP contribution >= 0.6 is 0 Å². The number of hydrogen-bond donors (Lipinski definition) is 2. The fourth-order valence-corrected chi connectivity index (χ4v) is 1.25. The van der Waals surface area contributed by atoms with Crippen molar-refractivity contribution >= 4 is 0 Å². The number of nitrogens with one attached hydrogen (secondary N) is 1. The Labute approximate surface area is 83.8 Å². The number of hydrogen-bond acceptors (Lipinski definition) is 2. The van der Waals surface area contributed by atoms with Crippen LogP contribution in [0.4, 0.5) is 4.39 Å². The van der Waals surface area contributed by atoms with E-state index in [1.165, 1.54) is 12.1 Å². The van der Waals surface area contributed by atoms with Crippen LogP contribution in [-0.2, 0) is 6.54 Å². The fourth-order valence-electron chi connectivity index (χ4n) is 1.25. The predicted molar refractivity (Wildman–Crippen MR) is 54.4 cm³/mol. The molecule has 0 aliphatic carbocycles. The van der Waals surface area contributed by atoms with Gasteiger partial charge in [-0.3, -0.25) is 0 Å². The van der Waals surface area contributed by atoms with E-state index in [1.54, 1.807) is 6.07 Å².